The molecule has 7 heteroatoms. The smallest absolute Gasteiger partial charge is 0.258 e. The molecule has 6 nitrogen and oxygen atoms in total. The predicted molar refractivity (Wildman–Crippen MR) is 84.0 cm³/mol. The van der Waals surface area contributed by atoms with Crippen molar-refractivity contribution < 1.29 is 13.3 Å². The largest absolute Gasteiger partial charge is 0.270 e. The summed E-state index contributed by atoms with van der Waals surface area (Å²) in [5.74, 6) is 0. The fourth-order valence-corrected chi connectivity index (χ4v) is 3.25. The van der Waals surface area contributed by atoms with E-state index in [-0.39, 0.29) is 16.6 Å². The normalized spacial score (nSPS) is 11.6. The SMILES string of the molecule is CC(C)NS(=O)(=O)c1ccc(-c2cccc([N+](=O)[O-])c2)cc1. The van der Waals surface area contributed by atoms with E-state index in [1.54, 1.807) is 38.1 Å². The van der Waals surface area contributed by atoms with Gasteiger partial charge < -0.3 is 0 Å². The Kier molecular flexibility index (Phi) is 4.58. The van der Waals surface area contributed by atoms with Gasteiger partial charge in [-0.2, -0.15) is 0 Å². The van der Waals surface area contributed by atoms with E-state index in [0.29, 0.717) is 11.1 Å². The standard InChI is InChI=1S/C15H16N2O4S/c1-11(2)16-22(20,21)15-8-6-12(7-9-15)13-4-3-5-14(10-13)17(18)19/h3-11,16H,1-2H3. The molecule has 0 atom stereocenters. The van der Waals surface area contributed by atoms with Gasteiger partial charge in [-0.1, -0.05) is 24.3 Å². The van der Waals surface area contributed by atoms with E-state index in [1.807, 2.05) is 0 Å². The number of benzene rings is 2. The van der Waals surface area contributed by atoms with Gasteiger partial charge in [0.2, 0.25) is 10.0 Å². The molecule has 0 saturated heterocycles. The van der Waals surface area contributed by atoms with E-state index in [1.165, 1.54) is 24.3 Å². The van der Waals surface area contributed by atoms with Gasteiger partial charge in [-0.05, 0) is 37.1 Å². The number of nitro groups is 1. The Morgan fingerprint density at radius 2 is 1.68 bits per heavy atom. The predicted octanol–water partition coefficient (Wildman–Crippen LogP) is 2.95. The van der Waals surface area contributed by atoms with E-state index < -0.39 is 14.9 Å². The second kappa shape index (κ2) is 6.25. The molecule has 1 N–H and O–H groups in total. The van der Waals surface area contributed by atoms with Gasteiger partial charge in [0.1, 0.15) is 0 Å². The first kappa shape index (κ1) is 16.1. The Balaban J connectivity index is 2.33. The first-order chi connectivity index (χ1) is 10.3. The van der Waals surface area contributed by atoms with Crippen LogP contribution in [0, 0.1) is 10.1 Å². The summed E-state index contributed by atoms with van der Waals surface area (Å²) in [4.78, 5) is 10.5. The van der Waals surface area contributed by atoms with Crippen molar-refractivity contribution in [1.29, 1.82) is 0 Å². The van der Waals surface area contributed by atoms with Gasteiger partial charge in [-0.3, -0.25) is 10.1 Å². The van der Waals surface area contributed by atoms with Crippen LogP contribution in [0.5, 0.6) is 0 Å². The Morgan fingerprint density at radius 3 is 2.23 bits per heavy atom. The topological polar surface area (TPSA) is 89.3 Å². The molecule has 0 aliphatic rings. The first-order valence-corrected chi connectivity index (χ1v) is 8.15. The lowest BCUT2D eigenvalue weighted by molar-refractivity contribution is -0.384. The maximum Gasteiger partial charge on any atom is 0.270 e. The Bertz CT molecular complexity index is 783. The fourth-order valence-electron chi connectivity index (χ4n) is 2.00. The summed E-state index contributed by atoms with van der Waals surface area (Å²) in [6, 6.07) is 12.2. The maximum atomic E-state index is 12.0. The zero-order valence-corrected chi connectivity index (χ0v) is 13.0. The van der Waals surface area contributed by atoms with E-state index >= 15 is 0 Å². The minimum Gasteiger partial charge on any atom is -0.258 e. The molecule has 0 aliphatic carbocycles. The van der Waals surface area contributed by atoms with Crippen LogP contribution in [0.1, 0.15) is 13.8 Å². The second-order valence-corrected chi connectivity index (χ2v) is 6.82. The van der Waals surface area contributed by atoms with Crippen LogP contribution in [0.3, 0.4) is 0 Å². The summed E-state index contributed by atoms with van der Waals surface area (Å²) < 4.78 is 26.6. The molecule has 0 spiro atoms. The van der Waals surface area contributed by atoms with E-state index in [9.17, 15) is 18.5 Å². The van der Waals surface area contributed by atoms with Crippen LogP contribution in [-0.2, 0) is 10.0 Å². The quantitative estimate of drug-likeness (QED) is 0.677. The van der Waals surface area contributed by atoms with Crippen molar-refractivity contribution in [2.45, 2.75) is 24.8 Å². The highest BCUT2D eigenvalue weighted by Gasteiger charge is 2.15. The molecule has 0 saturated carbocycles. The summed E-state index contributed by atoms with van der Waals surface area (Å²) in [5.41, 5.74) is 1.37. The molecule has 0 unspecified atom stereocenters. The minimum atomic E-state index is -3.54. The van der Waals surface area contributed by atoms with Gasteiger partial charge in [-0.15, -0.1) is 0 Å². The number of sulfonamides is 1. The summed E-state index contributed by atoms with van der Waals surface area (Å²) >= 11 is 0. The summed E-state index contributed by atoms with van der Waals surface area (Å²) in [6.45, 7) is 3.49. The molecule has 0 aromatic heterocycles. The van der Waals surface area contributed by atoms with Gasteiger partial charge in [0, 0.05) is 18.2 Å². The van der Waals surface area contributed by atoms with Crippen molar-refractivity contribution in [2.75, 3.05) is 0 Å². The highest BCUT2D eigenvalue weighted by molar-refractivity contribution is 7.89. The maximum absolute atomic E-state index is 12.0. The molecule has 0 heterocycles. The third kappa shape index (κ3) is 3.69. The highest BCUT2D eigenvalue weighted by atomic mass is 32.2. The van der Waals surface area contributed by atoms with Gasteiger partial charge in [-0.25, -0.2) is 13.1 Å². The molecule has 116 valence electrons. The van der Waals surface area contributed by atoms with Crippen molar-refractivity contribution in [3.05, 3.63) is 58.6 Å². The van der Waals surface area contributed by atoms with Crippen LogP contribution >= 0.6 is 0 Å². The zero-order chi connectivity index (χ0) is 16.3. The van der Waals surface area contributed by atoms with E-state index in [0.717, 1.165) is 0 Å². The number of hydrogen-bond donors (Lipinski definition) is 1. The molecule has 0 amide bonds. The number of nitro benzene ring substituents is 1. The van der Waals surface area contributed by atoms with Crippen LogP contribution < -0.4 is 4.72 Å². The van der Waals surface area contributed by atoms with Crippen LogP contribution in [0.25, 0.3) is 11.1 Å². The zero-order valence-electron chi connectivity index (χ0n) is 12.2. The molecule has 0 aliphatic heterocycles. The average Bonchev–Trinajstić information content (AvgIpc) is 2.46. The summed E-state index contributed by atoms with van der Waals surface area (Å²) in [5, 5.41) is 10.8. The molecule has 0 bridgehead atoms. The third-order valence-electron chi connectivity index (χ3n) is 2.95. The molecular weight excluding hydrogens is 304 g/mol. The van der Waals surface area contributed by atoms with Crippen LogP contribution in [0.15, 0.2) is 53.4 Å². The van der Waals surface area contributed by atoms with Crippen LogP contribution in [-0.4, -0.2) is 19.4 Å². The first-order valence-electron chi connectivity index (χ1n) is 6.67. The average molecular weight is 320 g/mol. The van der Waals surface area contributed by atoms with Crippen molar-refractivity contribution in [1.82, 2.24) is 4.72 Å². The number of nitrogens with zero attached hydrogens (tertiary/aromatic N) is 1. The van der Waals surface area contributed by atoms with Crippen LogP contribution in [0.4, 0.5) is 5.69 Å². The number of non-ortho nitro benzene ring substituents is 1. The van der Waals surface area contributed by atoms with Crippen molar-refractivity contribution in [3.8, 4) is 11.1 Å². The number of rotatable bonds is 5. The van der Waals surface area contributed by atoms with Gasteiger partial charge in [0.05, 0.1) is 9.82 Å². The summed E-state index contributed by atoms with van der Waals surface area (Å²) in [6.07, 6.45) is 0. The van der Waals surface area contributed by atoms with Gasteiger partial charge in [0.25, 0.3) is 5.69 Å². The lowest BCUT2D eigenvalue weighted by atomic mass is 10.1. The fraction of sp³-hybridized carbons (Fsp3) is 0.200. The van der Waals surface area contributed by atoms with Crippen molar-refractivity contribution in [2.24, 2.45) is 0 Å². The van der Waals surface area contributed by atoms with E-state index in [2.05, 4.69) is 4.72 Å². The molecule has 0 fully saturated rings. The van der Waals surface area contributed by atoms with Crippen molar-refractivity contribution >= 4 is 15.7 Å². The monoisotopic (exact) mass is 320 g/mol. The Labute approximate surface area is 129 Å². The molecule has 2 rings (SSSR count). The van der Waals surface area contributed by atoms with Crippen LogP contribution in [0.2, 0.25) is 0 Å². The van der Waals surface area contributed by atoms with Gasteiger partial charge in [0.15, 0.2) is 0 Å². The highest BCUT2D eigenvalue weighted by Crippen LogP contribution is 2.25. The lowest BCUT2D eigenvalue weighted by Gasteiger charge is -2.10. The molecule has 22 heavy (non-hydrogen) atoms. The second-order valence-electron chi connectivity index (χ2n) is 5.11. The van der Waals surface area contributed by atoms with E-state index in [4.69, 9.17) is 0 Å². The summed E-state index contributed by atoms with van der Waals surface area (Å²) in [7, 11) is -3.54. The van der Waals surface area contributed by atoms with Gasteiger partial charge >= 0.3 is 0 Å². The molecule has 0 radical (unpaired) electrons. The Hall–Kier alpha value is -2.25. The van der Waals surface area contributed by atoms with Crippen molar-refractivity contribution in [3.63, 3.8) is 0 Å². The number of hydrogen-bond acceptors (Lipinski definition) is 4. The third-order valence-corrected chi connectivity index (χ3v) is 4.62. The molecular formula is C15H16N2O4S. The molecule has 2 aromatic carbocycles. The minimum absolute atomic E-state index is 0.00401. The number of nitrogens with one attached hydrogen (secondary N) is 1. The lowest BCUT2D eigenvalue weighted by Crippen LogP contribution is -2.30. The Morgan fingerprint density at radius 1 is 1.05 bits per heavy atom. The molecule has 2 aromatic rings.